The van der Waals surface area contributed by atoms with Gasteiger partial charge in [0.25, 0.3) is 0 Å². The SMILES string of the molecule is CCNCc1cc(S(=O)(=O)N2CCCC(CC)C2)cs1. The van der Waals surface area contributed by atoms with E-state index < -0.39 is 10.0 Å². The van der Waals surface area contributed by atoms with Crippen molar-refractivity contribution in [3.63, 3.8) is 0 Å². The number of thiophene rings is 1. The lowest BCUT2D eigenvalue weighted by molar-refractivity contribution is 0.261. The zero-order chi connectivity index (χ0) is 14.6. The first-order chi connectivity index (χ1) is 9.57. The number of nitrogens with zero attached hydrogens (tertiary/aromatic N) is 1. The number of hydrogen-bond acceptors (Lipinski definition) is 4. The van der Waals surface area contributed by atoms with E-state index in [0.29, 0.717) is 23.9 Å². The maximum absolute atomic E-state index is 12.6. The summed E-state index contributed by atoms with van der Waals surface area (Å²) in [6.45, 7) is 7.16. The predicted octanol–water partition coefficient (Wildman–Crippen LogP) is 2.67. The van der Waals surface area contributed by atoms with Gasteiger partial charge in [-0.15, -0.1) is 11.3 Å². The molecule has 1 aliphatic heterocycles. The van der Waals surface area contributed by atoms with Crippen LogP contribution in [-0.4, -0.2) is 32.4 Å². The summed E-state index contributed by atoms with van der Waals surface area (Å²) in [6, 6.07) is 1.82. The predicted molar refractivity (Wildman–Crippen MR) is 83.5 cm³/mol. The smallest absolute Gasteiger partial charge is 0.243 e. The van der Waals surface area contributed by atoms with E-state index in [4.69, 9.17) is 0 Å². The van der Waals surface area contributed by atoms with Crippen molar-refractivity contribution in [3.05, 3.63) is 16.3 Å². The molecular formula is C14H24N2O2S2. The van der Waals surface area contributed by atoms with Crippen LogP contribution in [0.2, 0.25) is 0 Å². The Morgan fingerprint density at radius 2 is 2.25 bits per heavy atom. The van der Waals surface area contributed by atoms with Crippen LogP contribution in [0.15, 0.2) is 16.3 Å². The highest BCUT2D eigenvalue weighted by Crippen LogP contribution is 2.27. The Hall–Kier alpha value is -0.430. The molecule has 20 heavy (non-hydrogen) atoms. The van der Waals surface area contributed by atoms with Crippen molar-refractivity contribution < 1.29 is 8.42 Å². The fourth-order valence-electron chi connectivity index (χ4n) is 2.56. The van der Waals surface area contributed by atoms with Crippen LogP contribution in [0.5, 0.6) is 0 Å². The summed E-state index contributed by atoms with van der Waals surface area (Å²) in [4.78, 5) is 1.54. The van der Waals surface area contributed by atoms with Gasteiger partial charge in [-0.1, -0.05) is 20.3 Å². The van der Waals surface area contributed by atoms with Crippen molar-refractivity contribution in [2.45, 2.75) is 44.6 Å². The molecule has 1 aromatic heterocycles. The molecule has 0 spiro atoms. The molecule has 1 N–H and O–H groups in total. The highest BCUT2D eigenvalue weighted by molar-refractivity contribution is 7.89. The first kappa shape index (κ1) is 15.9. The number of sulfonamides is 1. The normalized spacial score (nSPS) is 21.2. The molecule has 6 heteroatoms. The highest BCUT2D eigenvalue weighted by Gasteiger charge is 2.30. The first-order valence-electron chi connectivity index (χ1n) is 7.36. The standard InChI is InChI=1S/C14H24N2O2S2/c1-3-12-6-5-7-16(10-12)20(17,18)14-8-13(19-11-14)9-15-4-2/h8,11-12,15H,3-7,9-10H2,1-2H3. The number of hydrogen-bond donors (Lipinski definition) is 1. The second-order valence-electron chi connectivity index (χ2n) is 5.31. The molecule has 4 nitrogen and oxygen atoms in total. The molecule has 1 atom stereocenters. The van der Waals surface area contributed by atoms with E-state index in [1.807, 2.05) is 13.0 Å². The summed E-state index contributed by atoms with van der Waals surface area (Å²) in [6.07, 6.45) is 3.19. The lowest BCUT2D eigenvalue weighted by Gasteiger charge is -2.31. The Bertz CT molecular complexity index is 525. The molecule has 0 bridgehead atoms. The van der Waals surface area contributed by atoms with Crippen molar-refractivity contribution >= 4 is 21.4 Å². The molecule has 1 fully saturated rings. The summed E-state index contributed by atoms with van der Waals surface area (Å²) in [7, 11) is -3.29. The molecule has 0 radical (unpaired) electrons. The molecule has 2 rings (SSSR count). The summed E-state index contributed by atoms with van der Waals surface area (Å²) >= 11 is 1.52. The van der Waals surface area contributed by atoms with Crippen LogP contribution in [0, 0.1) is 5.92 Å². The summed E-state index contributed by atoms with van der Waals surface area (Å²) < 4.78 is 27.0. The summed E-state index contributed by atoms with van der Waals surface area (Å²) in [5.74, 6) is 0.512. The van der Waals surface area contributed by atoms with Gasteiger partial charge in [0.15, 0.2) is 0 Å². The fraction of sp³-hybridized carbons (Fsp3) is 0.714. The average molecular weight is 316 g/mol. The molecule has 1 aromatic rings. The van der Waals surface area contributed by atoms with Gasteiger partial charge in [-0.3, -0.25) is 0 Å². The van der Waals surface area contributed by atoms with Gasteiger partial charge in [0.2, 0.25) is 10.0 Å². The summed E-state index contributed by atoms with van der Waals surface area (Å²) in [5.41, 5.74) is 0. The van der Waals surface area contributed by atoms with Gasteiger partial charge in [-0.2, -0.15) is 4.31 Å². The zero-order valence-corrected chi connectivity index (χ0v) is 13.9. The third-order valence-corrected chi connectivity index (χ3v) is 6.80. The van der Waals surface area contributed by atoms with E-state index in [9.17, 15) is 8.42 Å². The van der Waals surface area contributed by atoms with Crippen LogP contribution in [0.25, 0.3) is 0 Å². The van der Waals surface area contributed by atoms with E-state index in [-0.39, 0.29) is 0 Å². The number of nitrogens with one attached hydrogen (secondary N) is 1. The Morgan fingerprint density at radius 3 is 2.95 bits per heavy atom. The Balaban J connectivity index is 2.11. The Kier molecular flexibility index (Phi) is 5.60. The van der Waals surface area contributed by atoms with E-state index in [1.165, 1.54) is 11.3 Å². The van der Waals surface area contributed by atoms with Crippen LogP contribution >= 0.6 is 11.3 Å². The third kappa shape index (κ3) is 3.61. The van der Waals surface area contributed by atoms with Crippen molar-refractivity contribution in [1.29, 1.82) is 0 Å². The van der Waals surface area contributed by atoms with Crippen molar-refractivity contribution in [2.24, 2.45) is 5.92 Å². The Morgan fingerprint density at radius 1 is 1.45 bits per heavy atom. The number of rotatable bonds is 6. The monoisotopic (exact) mass is 316 g/mol. The third-order valence-electron chi connectivity index (χ3n) is 3.88. The summed E-state index contributed by atoms with van der Waals surface area (Å²) in [5, 5.41) is 5.00. The maximum Gasteiger partial charge on any atom is 0.243 e. The van der Waals surface area contributed by atoms with Crippen LogP contribution in [-0.2, 0) is 16.6 Å². The quantitative estimate of drug-likeness (QED) is 0.878. The van der Waals surface area contributed by atoms with Gasteiger partial charge in [-0.05, 0) is 31.4 Å². The van der Waals surface area contributed by atoms with Crippen molar-refractivity contribution in [1.82, 2.24) is 9.62 Å². The second-order valence-corrected chi connectivity index (χ2v) is 8.24. The molecule has 0 amide bonds. The van der Waals surface area contributed by atoms with Crippen molar-refractivity contribution in [2.75, 3.05) is 19.6 Å². The van der Waals surface area contributed by atoms with Crippen LogP contribution < -0.4 is 5.32 Å². The second kappa shape index (κ2) is 7.02. The minimum absolute atomic E-state index is 0.465. The van der Waals surface area contributed by atoms with E-state index in [2.05, 4.69) is 12.2 Å². The maximum atomic E-state index is 12.6. The van der Waals surface area contributed by atoms with Gasteiger partial charge in [0.1, 0.15) is 0 Å². The number of piperidine rings is 1. The molecule has 0 saturated carbocycles. The molecule has 2 heterocycles. The largest absolute Gasteiger partial charge is 0.312 e. The molecule has 1 aliphatic rings. The average Bonchev–Trinajstić information content (AvgIpc) is 2.94. The van der Waals surface area contributed by atoms with E-state index in [0.717, 1.165) is 37.2 Å². The van der Waals surface area contributed by atoms with Crippen LogP contribution in [0.4, 0.5) is 0 Å². The van der Waals surface area contributed by atoms with Crippen LogP contribution in [0.1, 0.15) is 38.0 Å². The highest BCUT2D eigenvalue weighted by atomic mass is 32.2. The van der Waals surface area contributed by atoms with Gasteiger partial charge < -0.3 is 5.32 Å². The molecule has 1 unspecified atom stereocenters. The van der Waals surface area contributed by atoms with Gasteiger partial charge in [-0.25, -0.2) is 8.42 Å². The van der Waals surface area contributed by atoms with Crippen molar-refractivity contribution in [3.8, 4) is 0 Å². The Labute approximate surface area is 126 Å². The van der Waals surface area contributed by atoms with E-state index >= 15 is 0 Å². The zero-order valence-electron chi connectivity index (χ0n) is 12.3. The van der Waals surface area contributed by atoms with Crippen LogP contribution in [0.3, 0.4) is 0 Å². The lowest BCUT2D eigenvalue weighted by atomic mass is 9.97. The fourth-order valence-corrected chi connectivity index (χ4v) is 5.35. The minimum atomic E-state index is -3.29. The first-order valence-corrected chi connectivity index (χ1v) is 9.68. The lowest BCUT2D eigenvalue weighted by Crippen LogP contribution is -2.39. The molecule has 1 saturated heterocycles. The van der Waals surface area contributed by atoms with Gasteiger partial charge >= 0.3 is 0 Å². The minimum Gasteiger partial charge on any atom is -0.312 e. The van der Waals surface area contributed by atoms with E-state index in [1.54, 1.807) is 9.69 Å². The molecule has 0 aromatic carbocycles. The topological polar surface area (TPSA) is 49.4 Å². The molecular weight excluding hydrogens is 292 g/mol. The molecule has 0 aliphatic carbocycles. The molecule has 114 valence electrons. The van der Waals surface area contributed by atoms with Gasteiger partial charge in [0.05, 0.1) is 4.90 Å². The van der Waals surface area contributed by atoms with Gasteiger partial charge in [0, 0.05) is 29.9 Å².